The lowest BCUT2D eigenvalue weighted by Crippen LogP contribution is -2.00. The van der Waals surface area contributed by atoms with Crippen LogP contribution in [0.2, 0.25) is 0 Å². The van der Waals surface area contributed by atoms with Crippen molar-refractivity contribution in [1.82, 2.24) is 0 Å². The average Bonchev–Trinajstić information content (AvgIpc) is 2.51. The van der Waals surface area contributed by atoms with Gasteiger partial charge in [-0.3, -0.25) is 0 Å². The van der Waals surface area contributed by atoms with Gasteiger partial charge in [-0.05, 0) is 123 Å². The molecule has 0 aliphatic rings. The summed E-state index contributed by atoms with van der Waals surface area (Å²) in [5.74, 6) is 1.28. The number of benzene rings is 2. The van der Waals surface area contributed by atoms with E-state index in [-0.39, 0.29) is 0 Å². The summed E-state index contributed by atoms with van der Waals surface area (Å²) in [6, 6.07) is 4.59. The first-order valence-corrected chi connectivity index (χ1v) is 10.0. The van der Waals surface area contributed by atoms with Crippen molar-refractivity contribution in [3.05, 3.63) is 67.8 Å². The molecule has 0 unspecified atom stereocenters. The Hall–Kier alpha value is -1.56. The van der Waals surface area contributed by atoms with E-state index >= 15 is 0 Å². The lowest BCUT2D eigenvalue weighted by Gasteiger charge is -2.17. The summed E-state index contributed by atoms with van der Waals surface area (Å²) in [7, 11) is 0. The zero-order chi connectivity index (χ0) is 20.3. The van der Waals surface area contributed by atoms with Gasteiger partial charge in [-0.2, -0.15) is 0 Å². The minimum absolute atomic E-state index is 0.638. The zero-order valence-corrected chi connectivity index (χ0v) is 19.3. The molecule has 0 spiro atoms. The molecule has 0 heteroatoms. The molecule has 0 saturated carbocycles. The molecule has 0 atom stereocenters. The molecule has 0 saturated heterocycles. The lowest BCUT2D eigenvalue weighted by atomic mass is 9.88. The second-order valence-corrected chi connectivity index (χ2v) is 8.66. The quantitative estimate of drug-likeness (QED) is 0.512. The SMILES string of the molecule is Cc1cc(C)c(C(C)C)c(C)c1C.Cc1cc(C)c(C)c(C(C)C)c1C. The Balaban J connectivity index is 0.000000260. The van der Waals surface area contributed by atoms with Crippen LogP contribution in [-0.4, -0.2) is 0 Å². The summed E-state index contributed by atoms with van der Waals surface area (Å²) in [6.07, 6.45) is 0. The summed E-state index contributed by atoms with van der Waals surface area (Å²) in [5, 5.41) is 0. The van der Waals surface area contributed by atoms with Gasteiger partial charge in [0.25, 0.3) is 0 Å². The predicted octanol–water partition coefficient (Wildman–Crippen LogP) is 8.09. The highest BCUT2D eigenvalue weighted by Gasteiger charge is 2.11. The summed E-state index contributed by atoms with van der Waals surface area (Å²) in [4.78, 5) is 0. The standard InChI is InChI=1S/2C13H20/c1-8(2)13-10(4)7-9(3)11(5)12(13)6;1-8(2)13-11(5)9(3)7-10(4)12(13)6/h2*7-8H,1-6H3. The van der Waals surface area contributed by atoms with Gasteiger partial charge >= 0.3 is 0 Å². The Labute approximate surface area is 163 Å². The first-order valence-electron chi connectivity index (χ1n) is 10.0. The van der Waals surface area contributed by atoms with Gasteiger partial charge < -0.3 is 0 Å². The highest BCUT2D eigenvalue weighted by Crippen LogP contribution is 2.28. The molecule has 2 aromatic rings. The van der Waals surface area contributed by atoms with Crippen LogP contribution in [-0.2, 0) is 0 Å². The van der Waals surface area contributed by atoms with Gasteiger partial charge in [-0.1, -0.05) is 39.8 Å². The van der Waals surface area contributed by atoms with E-state index in [0.717, 1.165) is 0 Å². The van der Waals surface area contributed by atoms with Crippen LogP contribution in [0.4, 0.5) is 0 Å². The first kappa shape index (κ1) is 22.5. The van der Waals surface area contributed by atoms with E-state index in [0.29, 0.717) is 11.8 Å². The summed E-state index contributed by atoms with van der Waals surface area (Å²) in [6.45, 7) is 26.8. The third-order valence-electron chi connectivity index (χ3n) is 5.99. The molecule has 2 rings (SSSR count). The normalized spacial score (nSPS) is 11.0. The Kier molecular flexibility index (Phi) is 7.69. The molecule has 0 nitrogen and oxygen atoms in total. The van der Waals surface area contributed by atoms with Crippen molar-refractivity contribution in [3.63, 3.8) is 0 Å². The maximum Gasteiger partial charge on any atom is -0.0213 e. The number of aryl methyl sites for hydroxylation is 4. The predicted molar refractivity (Wildman–Crippen MR) is 119 cm³/mol. The first-order chi connectivity index (χ1) is 11.9. The smallest absolute Gasteiger partial charge is 0.0213 e. The van der Waals surface area contributed by atoms with E-state index in [4.69, 9.17) is 0 Å². The fourth-order valence-electron chi connectivity index (χ4n) is 4.31. The maximum absolute atomic E-state index is 2.30. The van der Waals surface area contributed by atoms with Crippen molar-refractivity contribution < 1.29 is 0 Å². The van der Waals surface area contributed by atoms with Gasteiger partial charge in [0.15, 0.2) is 0 Å². The molecule has 0 aliphatic carbocycles. The van der Waals surface area contributed by atoms with Crippen LogP contribution in [0.15, 0.2) is 12.1 Å². The van der Waals surface area contributed by atoms with Crippen LogP contribution in [0.1, 0.15) is 95.2 Å². The van der Waals surface area contributed by atoms with Crippen molar-refractivity contribution in [2.75, 3.05) is 0 Å². The summed E-state index contributed by atoms with van der Waals surface area (Å²) >= 11 is 0. The van der Waals surface area contributed by atoms with Crippen LogP contribution in [0.25, 0.3) is 0 Å². The Bertz CT molecular complexity index is 747. The molecular weight excluding hydrogens is 312 g/mol. The van der Waals surface area contributed by atoms with Crippen molar-refractivity contribution >= 4 is 0 Å². The molecule has 0 fully saturated rings. The van der Waals surface area contributed by atoms with Crippen LogP contribution >= 0.6 is 0 Å². The van der Waals surface area contributed by atoms with Gasteiger partial charge in [0.2, 0.25) is 0 Å². The van der Waals surface area contributed by atoms with Gasteiger partial charge in [-0.15, -0.1) is 0 Å². The van der Waals surface area contributed by atoms with Gasteiger partial charge in [0, 0.05) is 0 Å². The monoisotopic (exact) mass is 352 g/mol. The van der Waals surface area contributed by atoms with Crippen LogP contribution < -0.4 is 0 Å². The fraction of sp³-hybridized carbons (Fsp3) is 0.538. The Morgan fingerprint density at radius 3 is 1.15 bits per heavy atom. The maximum atomic E-state index is 2.30. The van der Waals surface area contributed by atoms with E-state index in [9.17, 15) is 0 Å². The average molecular weight is 353 g/mol. The molecule has 144 valence electrons. The summed E-state index contributed by atoms with van der Waals surface area (Å²) < 4.78 is 0. The number of hydrogen-bond acceptors (Lipinski definition) is 0. The van der Waals surface area contributed by atoms with E-state index in [1.165, 1.54) is 55.6 Å². The van der Waals surface area contributed by atoms with Crippen molar-refractivity contribution in [2.45, 2.75) is 94.9 Å². The second kappa shape index (κ2) is 8.89. The molecule has 26 heavy (non-hydrogen) atoms. The second-order valence-electron chi connectivity index (χ2n) is 8.66. The van der Waals surface area contributed by atoms with E-state index in [1.54, 1.807) is 0 Å². The number of hydrogen-bond donors (Lipinski definition) is 0. The van der Waals surface area contributed by atoms with Gasteiger partial charge in [-0.25, -0.2) is 0 Å². The fourth-order valence-corrected chi connectivity index (χ4v) is 4.31. The molecule has 0 aliphatic heterocycles. The Morgan fingerprint density at radius 1 is 0.423 bits per heavy atom. The molecule has 0 amide bonds. The molecule has 0 radical (unpaired) electrons. The number of rotatable bonds is 2. The highest BCUT2D eigenvalue weighted by atomic mass is 14.2. The largest absolute Gasteiger partial charge is 0.0587 e. The van der Waals surface area contributed by atoms with Gasteiger partial charge in [0.05, 0.1) is 0 Å². The zero-order valence-electron chi connectivity index (χ0n) is 19.3. The molecule has 0 N–H and O–H groups in total. The molecular formula is C26H40. The molecule has 0 heterocycles. The van der Waals surface area contributed by atoms with Crippen LogP contribution in [0.5, 0.6) is 0 Å². The van der Waals surface area contributed by atoms with E-state index < -0.39 is 0 Å². The van der Waals surface area contributed by atoms with E-state index in [2.05, 4.69) is 95.2 Å². The minimum atomic E-state index is 0.638. The molecule has 0 aromatic heterocycles. The minimum Gasteiger partial charge on any atom is -0.0587 e. The van der Waals surface area contributed by atoms with Gasteiger partial charge in [0.1, 0.15) is 0 Å². The van der Waals surface area contributed by atoms with E-state index in [1.807, 2.05) is 0 Å². The molecule has 0 bridgehead atoms. The highest BCUT2D eigenvalue weighted by molar-refractivity contribution is 5.46. The third kappa shape index (κ3) is 4.78. The van der Waals surface area contributed by atoms with Crippen LogP contribution in [0, 0.1) is 55.4 Å². The molecule has 2 aromatic carbocycles. The summed E-state index contributed by atoms with van der Waals surface area (Å²) in [5.41, 5.74) is 14.6. The van der Waals surface area contributed by atoms with Crippen molar-refractivity contribution in [3.8, 4) is 0 Å². The topological polar surface area (TPSA) is 0 Å². The van der Waals surface area contributed by atoms with Crippen molar-refractivity contribution in [1.29, 1.82) is 0 Å². The van der Waals surface area contributed by atoms with Crippen molar-refractivity contribution in [2.24, 2.45) is 0 Å². The Morgan fingerprint density at radius 2 is 0.769 bits per heavy atom. The lowest BCUT2D eigenvalue weighted by molar-refractivity contribution is 0.840. The van der Waals surface area contributed by atoms with Crippen LogP contribution in [0.3, 0.4) is 0 Å². The third-order valence-corrected chi connectivity index (χ3v) is 5.99.